The third-order valence-corrected chi connectivity index (χ3v) is 4.78. The van der Waals surface area contributed by atoms with Gasteiger partial charge in [0.1, 0.15) is 0 Å². The molecule has 0 spiro atoms. The van der Waals surface area contributed by atoms with Crippen LogP contribution in [0.1, 0.15) is 33.1 Å². The van der Waals surface area contributed by atoms with Gasteiger partial charge >= 0.3 is 0 Å². The maximum Gasteiger partial charge on any atom is 0.213 e. The van der Waals surface area contributed by atoms with Crippen molar-refractivity contribution in [3.63, 3.8) is 0 Å². The zero-order chi connectivity index (χ0) is 10.6. The fourth-order valence-corrected chi connectivity index (χ4v) is 3.07. The summed E-state index contributed by atoms with van der Waals surface area (Å²) in [4.78, 5) is 0. The van der Waals surface area contributed by atoms with E-state index in [0.717, 1.165) is 19.3 Å². The molecular weight excluding hydrogens is 198 g/mol. The van der Waals surface area contributed by atoms with Crippen molar-refractivity contribution in [1.29, 1.82) is 0 Å². The molecule has 0 saturated carbocycles. The molecule has 1 rings (SSSR count). The van der Waals surface area contributed by atoms with Gasteiger partial charge in [-0.2, -0.15) is 0 Å². The monoisotopic (exact) mass is 218 g/mol. The molecule has 0 bridgehead atoms. The number of hydrogen-bond donors (Lipinski definition) is 0. The van der Waals surface area contributed by atoms with Crippen LogP contribution >= 0.6 is 0 Å². The van der Waals surface area contributed by atoms with Crippen molar-refractivity contribution in [2.75, 3.05) is 18.8 Å². The van der Waals surface area contributed by atoms with E-state index in [1.165, 1.54) is 0 Å². The second-order valence-corrected chi connectivity index (χ2v) is 6.14. The van der Waals surface area contributed by atoms with Crippen LogP contribution in [0.4, 0.5) is 0 Å². The average Bonchev–Trinajstić information content (AvgIpc) is 2.19. The Balaban J connectivity index is 2.43. The third-order valence-electron chi connectivity index (χ3n) is 2.90. The fourth-order valence-electron chi connectivity index (χ4n) is 1.94. The quantitative estimate of drug-likeness (QED) is 0.719. The summed E-state index contributed by atoms with van der Waals surface area (Å²) in [6.45, 7) is 5.21. The van der Waals surface area contributed by atoms with E-state index in [1.54, 1.807) is 11.2 Å². The maximum atomic E-state index is 11.5. The van der Waals surface area contributed by atoms with Crippen molar-refractivity contribution in [2.45, 2.75) is 33.1 Å². The Hall–Kier alpha value is -0.0900. The Morgan fingerprint density at radius 2 is 1.93 bits per heavy atom. The van der Waals surface area contributed by atoms with Gasteiger partial charge in [0.2, 0.25) is 10.0 Å². The molecule has 1 aliphatic rings. The number of nitrogens with zero attached hydrogens (tertiary/aromatic N) is 1. The lowest BCUT2D eigenvalue weighted by Gasteiger charge is -2.30. The fraction of sp³-hybridized carbons (Fsp3) is 0.900. The van der Waals surface area contributed by atoms with E-state index in [4.69, 9.17) is 0 Å². The highest BCUT2D eigenvalue weighted by atomic mass is 32.2. The first-order valence-electron chi connectivity index (χ1n) is 5.35. The average molecular weight is 218 g/mol. The van der Waals surface area contributed by atoms with Crippen molar-refractivity contribution >= 4 is 10.0 Å². The van der Waals surface area contributed by atoms with E-state index in [2.05, 4.69) is 13.3 Å². The lowest BCUT2D eigenvalue weighted by atomic mass is 9.94. The molecule has 83 valence electrons. The zero-order valence-corrected chi connectivity index (χ0v) is 9.89. The largest absolute Gasteiger partial charge is 0.213 e. The van der Waals surface area contributed by atoms with Gasteiger partial charge in [0, 0.05) is 13.1 Å². The Kier molecular flexibility index (Phi) is 4.38. The molecule has 0 N–H and O–H groups in total. The summed E-state index contributed by atoms with van der Waals surface area (Å²) in [5.74, 6) is 0.931. The molecular formula is C10H20NO2S. The van der Waals surface area contributed by atoms with Gasteiger partial charge in [-0.1, -0.05) is 6.92 Å². The van der Waals surface area contributed by atoms with Crippen LogP contribution in [0.3, 0.4) is 0 Å². The molecule has 1 radical (unpaired) electrons. The summed E-state index contributed by atoms with van der Waals surface area (Å²) < 4.78 is 24.7. The summed E-state index contributed by atoms with van der Waals surface area (Å²) in [5.41, 5.74) is 0. The first-order valence-corrected chi connectivity index (χ1v) is 6.96. The van der Waals surface area contributed by atoms with Gasteiger partial charge in [-0.25, -0.2) is 12.7 Å². The van der Waals surface area contributed by atoms with Gasteiger partial charge in [-0.3, -0.25) is 0 Å². The van der Waals surface area contributed by atoms with Crippen LogP contribution in [0.15, 0.2) is 0 Å². The van der Waals surface area contributed by atoms with Crippen molar-refractivity contribution in [2.24, 2.45) is 5.92 Å². The summed E-state index contributed by atoms with van der Waals surface area (Å²) in [6.07, 6.45) is 5.34. The maximum absolute atomic E-state index is 11.5. The molecule has 0 aromatic rings. The minimum Gasteiger partial charge on any atom is -0.212 e. The molecule has 4 heteroatoms. The number of rotatable bonds is 4. The van der Waals surface area contributed by atoms with Gasteiger partial charge in [0.15, 0.2) is 0 Å². The summed E-state index contributed by atoms with van der Waals surface area (Å²) in [5, 5.41) is 0. The van der Waals surface area contributed by atoms with Crippen molar-refractivity contribution < 1.29 is 8.42 Å². The van der Waals surface area contributed by atoms with Gasteiger partial charge in [-0.15, -0.1) is 0 Å². The van der Waals surface area contributed by atoms with E-state index in [1.807, 2.05) is 0 Å². The topological polar surface area (TPSA) is 37.4 Å². The second-order valence-electron chi connectivity index (χ2n) is 3.89. The molecule has 1 aliphatic heterocycles. The van der Waals surface area contributed by atoms with Crippen LogP contribution in [0.5, 0.6) is 0 Å². The second kappa shape index (κ2) is 5.12. The molecule has 0 aliphatic carbocycles. The molecule has 3 nitrogen and oxygen atoms in total. The van der Waals surface area contributed by atoms with Crippen LogP contribution in [-0.4, -0.2) is 31.6 Å². The van der Waals surface area contributed by atoms with Crippen LogP contribution in [-0.2, 0) is 10.0 Å². The van der Waals surface area contributed by atoms with Crippen LogP contribution in [0.25, 0.3) is 0 Å². The van der Waals surface area contributed by atoms with Crippen molar-refractivity contribution in [3.05, 3.63) is 6.42 Å². The van der Waals surface area contributed by atoms with E-state index < -0.39 is 10.0 Å². The Bertz CT molecular complexity index is 253. The number of piperidine rings is 1. The smallest absolute Gasteiger partial charge is 0.212 e. The van der Waals surface area contributed by atoms with Gasteiger partial charge in [0.05, 0.1) is 5.75 Å². The first kappa shape index (κ1) is 12.0. The number of sulfonamides is 1. The minimum atomic E-state index is -2.94. The number of hydrogen-bond acceptors (Lipinski definition) is 2. The molecule has 0 amide bonds. The molecule has 1 saturated heterocycles. The van der Waals surface area contributed by atoms with E-state index in [0.29, 0.717) is 19.0 Å². The Morgan fingerprint density at radius 1 is 1.36 bits per heavy atom. The summed E-state index contributed by atoms with van der Waals surface area (Å²) in [6, 6.07) is 0. The van der Waals surface area contributed by atoms with Crippen molar-refractivity contribution in [1.82, 2.24) is 4.31 Å². The highest BCUT2D eigenvalue weighted by Gasteiger charge is 2.25. The standard InChI is InChI=1S/C10H20NO2S/c1-3-5-10-6-8-11(9-7-10)14(12,13)4-2/h3,10H,4-9H2,1-2H3. The first-order chi connectivity index (χ1) is 6.60. The Morgan fingerprint density at radius 3 is 2.36 bits per heavy atom. The highest BCUT2D eigenvalue weighted by molar-refractivity contribution is 7.89. The SMILES string of the molecule is C[CH]CC1CCN(S(=O)(=O)CC)CC1. The molecule has 1 fully saturated rings. The molecule has 0 aromatic heterocycles. The van der Waals surface area contributed by atoms with Crippen molar-refractivity contribution in [3.8, 4) is 0 Å². The van der Waals surface area contributed by atoms with Crippen LogP contribution in [0.2, 0.25) is 0 Å². The predicted molar refractivity (Wildman–Crippen MR) is 58.3 cm³/mol. The van der Waals surface area contributed by atoms with E-state index >= 15 is 0 Å². The van der Waals surface area contributed by atoms with Gasteiger partial charge in [-0.05, 0) is 38.5 Å². The summed E-state index contributed by atoms with van der Waals surface area (Å²) in [7, 11) is -2.94. The summed E-state index contributed by atoms with van der Waals surface area (Å²) >= 11 is 0. The highest BCUT2D eigenvalue weighted by Crippen LogP contribution is 2.23. The Labute approximate surface area is 87.5 Å². The van der Waals surface area contributed by atoms with E-state index in [-0.39, 0.29) is 5.75 Å². The van der Waals surface area contributed by atoms with Crippen LogP contribution < -0.4 is 0 Å². The van der Waals surface area contributed by atoms with Gasteiger partial charge in [0.25, 0.3) is 0 Å². The zero-order valence-electron chi connectivity index (χ0n) is 9.07. The third kappa shape index (κ3) is 2.95. The molecule has 0 aromatic carbocycles. The normalized spacial score (nSPS) is 21.3. The predicted octanol–water partition coefficient (Wildman–Crippen LogP) is 1.66. The molecule has 0 unspecified atom stereocenters. The lowest BCUT2D eigenvalue weighted by molar-refractivity contribution is 0.272. The lowest BCUT2D eigenvalue weighted by Crippen LogP contribution is -2.39. The van der Waals surface area contributed by atoms with E-state index in [9.17, 15) is 8.42 Å². The molecule has 0 atom stereocenters. The van der Waals surface area contributed by atoms with Gasteiger partial charge < -0.3 is 0 Å². The molecule has 1 heterocycles. The minimum absolute atomic E-state index is 0.234. The molecule has 14 heavy (non-hydrogen) atoms. The van der Waals surface area contributed by atoms with Crippen LogP contribution in [0, 0.1) is 12.3 Å².